The summed E-state index contributed by atoms with van der Waals surface area (Å²) in [6, 6.07) is 11.4. The Labute approximate surface area is 102 Å². The first-order chi connectivity index (χ1) is 8.24. The summed E-state index contributed by atoms with van der Waals surface area (Å²) in [5.41, 5.74) is 0.636. The molecule has 2 aromatic carbocycles. The molecule has 90 valence electrons. The molecule has 2 aromatic rings. The number of aromatic hydroxyl groups is 1. The fourth-order valence-corrected chi connectivity index (χ4v) is 2.09. The van der Waals surface area contributed by atoms with Crippen molar-refractivity contribution in [2.45, 2.75) is 32.3 Å². The molecule has 2 heteroatoms. The van der Waals surface area contributed by atoms with Gasteiger partial charge in [-0.15, -0.1) is 0 Å². The van der Waals surface area contributed by atoms with Crippen LogP contribution < -0.4 is 0 Å². The van der Waals surface area contributed by atoms with Crippen LogP contribution in [-0.4, -0.2) is 10.2 Å². The molecule has 0 saturated heterocycles. The van der Waals surface area contributed by atoms with Crippen molar-refractivity contribution in [2.75, 3.05) is 0 Å². The molecule has 0 saturated carbocycles. The molecule has 1 unspecified atom stereocenters. The minimum Gasteiger partial charge on any atom is -0.507 e. The second-order valence-corrected chi connectivity index (χ2v) is 4.38. The SMILES string of the molecule is CCCCC(O)c1ccc2ccccc2c1O. The Morgan fingerprint density at radius 2 is 1.88 bits per heavy atom. The van der Waals surface area contributed by atoms with Crippen LogP contribution in [-0.2, 0) is 0 Å². The monoisotopic (exact) mass is 230 g/mol. The minimum atomic E-state index is -0.570. The highest BCUT2D eigenvalue weighted by atomic mass is 16.3. The zero-order chi connectivity index (χ0) is 12.3. The lowest BCUT2D eigenvalue weighted by molar-refractivity contribution is 0.161. The number of aliphatic hydroxyl groups excluding tert-OH is 1. The zero-order valence-corrected chi connectivity index (χ0v) is 10.1. The second kappa shape index (κ2) is 5.19. The molecule has 0 radical (unpaired) electrons. The number of hydrogen-bond donors (Lipinski definition) is 2. The van der Waals surface area contributed by atoms with Gasteiger partial charge in [0.1, 0.15) is 5.75 Å². The molecule has 0 aliphatic carbocycles. The molecule has 0 bridgehead atoms. The predicted octanol–water partition coefficient (Wildman–Crippen LogP) is 3.77. The van der Waals surface area contributed by atoms with Gasteiger partial charge in [-0.3, -0.25) is 0 Å². The van der Waals surface area contributed by atoms with Crippen LogP contribution in [0, 0.1) is 0 Å². The molecule has 0 aliphatic rings. The molecular formula is C15H18O2. The summed E-state index contributed by atoms with van der Waals surface area (Å²) in [4.78, 5) is 0. The normalized spacial score (nSPS) is 12.8. The lowest BCUT2D eigenvalue weighted by Gasteiger charge is -2.13. The molecule has 2 N–H and O–H groups in total. The van der Waals surface area contributed by atoms with E-state index in [1.165, 1.54) is 0 Å². The zero-order valence-electron chi connectivity index (χ0n) is 10.1. The van der Waals surface area contributed by atoms with Gasteiger partial charge in [0.05, 0.1) is 6.10 Å². The Morgan fingerprint density at radius 1 is 1.12 bits per heavy atom. The standard InChI is InChI=1S/C15H18O2/c1-2-3-8-14(16)13-10-9-11-6-4-5-7-12(11)15(13)17/h4-7,9-10,14,16-17H,2-3,8H2,1H3. The van der Waals surface area contributed by atoms with E-state index in [4.69, 9.17) is 0 Å². The highest BCUT2D eigenvalue weighted by Crippen LogP contribution is 2.34. The Hall–Kier alpha value is -1.54. The first kappa shape index (κ1) is 11.9. The van der Waals surface area contributed by atoms with Crippen molar-refractivity contribution >= 4 is 10.8 Å². The smallest absolute Gasteiger partial charge is 0.129 e. The van der Waals surface area contributed by atoms with Crippen LogP contribution in [0.5, 0.6) is 5.75 Å². The maximum absolute atomic E-state index is 10.2. The average Bonchev–Trinajstić information content (AvgIpc) is 2.37. The summed E-state index contributed by atoms with van der Waals surface area (Å²) in [5, 5.41) is 22.0. The maximum atomic E-state index is 10.2. The molecule has 0 aromatic heterocycles. The van der Waals surface area contributed by atoms with E-state index >= 15 is 0 Å². The molecule has 2 nitrogen and oxygen atoms in total. The fourth-order valence-electron chi connectivity index (χ4n) is 2.09. The van der Waals surface area contributed by atoms with Crippen LogP contribution in [0.2, 0.25) is 0 Å². The van der Waals surface area contributed by atoms with E-state index in [1.54, 1.807) is 0 Å². The summed E-state index contributed by atoms with van der Waals surface area (Å²) in [6.45, 7) is 2.09. The van der Waals surface area contributed by atoms with Gasteiger partial charge in [-0.1, -0.05) is 56.2 Å². The van der Waals surface area contributed by atoms with Gasteiger partial charge in [0.25, 0.3) is 0 Å². The molecule has 17 heavy (non-hydrogen) atoms. The quantitative estimate of drug-likeness (QED) is 0.839. The summed E-state index contributed by atoms with van der Waals surface area (Å²) >= 11 is 0. The van der Waals surface area contributed by atoms with Crippen molar-refractivity contribution in [2.24, 2.45) is 0 Å². The van der Waals surface area contributed by atoms with Crippen LogP contribution >= 0.6 is 0 Å². The topological polar surface area (TPSA) is 40.5 Å². The summed E-state index contributed by atoms with van der Waals surface area (Å²) < 4.78 is 0. The maximum Gasteiger partial charge on any atom is 0.129 e. The van der Waals surface area contributed by atoms with Crippen molar-refractivity contribution < 1.29 is 10.2 Å². The number of hydrogen-bond acceptors (Lipinski definition) is 2. The van der Waals surface area contributed by atoms with E-state index < -0.39 is 6.10 Å². The molecule has 0 amide bonds. The molecular weight excluding hydrogens is 212 g/mol. The Balaban J connectivity index is 2.38. The van der Waals surface area contributed by atoms with Crippen LogP contribution in [0.15, 0.2) is 36.4 Å². The van der Waals surface area contributed by atoms with Gasteiger partial charge in [-0.2, -0.15) is 0 Å². The average molecular weight is 230 g/mol. The third kappa shape index (κ3) is 2.42. The van der Waals surface area contributed by atoms with Gasteiger partial charge in [-0.05, 0) is 11.8 Å². The van der Waals surface area contributed by atoms with Gasteiger partial charge in [0.2, 0.25) is 0 Å². The Kier molecular flexibility index (Phi) is 3.64. The molecule has 0 fully saturated rings. The van der Waals surface area contributed by atoms with Gasteiger partial charge in [0.15, 0.2) is 0 Å². The molecule has 0 heterocycles. The van der Waals surface area contributed by atoms with Gasteiger partial charge >= 0.3 is 0 Å². The third-order valence-corrected chi connectivity index (χ3v) is 3.12. The van der Waals surface area contributed by atoms with E-state index in [2.05, 4.69) is 6.92 Å². The van der Waals surface area contributed by atoms with Crippen molar-refractivity contribution in [1.82, 2.24) is 0 Å². The number of benzene rings is 2. The third-order valence-electron chi connectivity index (χ3n) is 3.12. The highest BCUT2D eigenvalue weighted by molar-refractivity contribution is 5.89. The Bertz CT molecular complexity index is 505. The number of fused-ring (bicyclic) bond motifs is 1. The van der Waals surface area contributed by atoms with E-state index in [-0.39, 0.29) is 5.75 Å². The van der Waals surface area contributed by atoms with E-state index in [1.807, 2.05) is 36.4 Å². The summed E-state index contributed by atoms with van der Waals surface area (Å²) in [7, 11) is 0. The number of rotatable bonds is 4. The lowest BCUT2D eigenvalue weighted by atomic mass is 9.99. The first-order valence-electron chi connectivity index (χ1n) is 6.12. The number of aliphatic hydroxyl groups is 1. The van der Waals surface area contributed by atoms with Crippen LogP contribution in [0.3, 0.4) is 0 Å². The number of phenols is 1. The first-order valence-corrected chi connectivity index (χ1v) is 6.12. The fraction of sp³-hybridized carbons (Fsp3) is 0.333. The van der Waals surface area contributed by atoms with Gasteiger partial charge in [0, 0.05) is 10.9 Å². The van der Waals surface area contributed by atoms with E-state index in [0.29, 0.717) is 12.0 Å². The minimum absolute atomic E-state index is 0.215. The second-order valence-electron chi connectivity index (χ2n) is 4.38. The van der Waals surface area contributed by atoms with Crippen molar-refractivity contribution in [3.05, 3.63) is 42.0 Å². The molecule has 1 atom stereocenters. The lowest BCUT2D eigenvalue weighted by Crippen LogP contribution is -1.98. The van der Waals surface area contributed by atoms with E-state index in [0.717, 1.165) is 23.6 Å². The van der Waals surface area contributed by atoms with Crippen LogP contribution in [0.4, 0.5) is 0 Å². The van der Waals surface area contributed by atoms with Crippen molar-refractivity contribution in [1.29, 1.82) is 0 Å². The van der Waals surface area contributed by atoms with Gasteiger partial charge in [-0.25, -0.2) is 0 Å². The van der Waals surface area contributed by atoms with Crippen LogP contribution in [0.25, 0.3) is 10.8 Å². The number of unbranched alkanes of at least 4 members (excludes halogenated alkanes) is 1. The summed E-state index contributed by atoms with van der Waals surface area (Å²) in [6.07, 6.45) is 2.14. The van der Waals surface area contributed by atoms with E-state index in [9.17, 15) is 10.2 Å². The molecule has 0 spiro atoms. The molecule has 0 aliphatic heterocycles. The molecule has 2 rings (SSSR count). The van der Waals surface area contributed by atoms with Crippen molar-refractivity contribution in [3.63, 3.8) is 0 Å². The summed E-state index contributed by atoms with van der Waals surface area (Å²) in [5.74, 6) is 0.215. The van der Waals surface area contributed by atoms with Crippen LogP contribution in [0.1, 0.15) is 37.9 Å². The highest BCUT2D eigenvalue weighted by Gasteiger charge is 2.13. The van der Waals surface area contributed by atoms with Gasteiger partial charge < -0.3 is 10.2 Å². The predicted molar refractivity (Wildman–Crippen MR) is 70.1 cm³/mol. The Morgan fingerprint density at radius 3 is 2.65 bits per heavy atom. The largest absolute Gasteiger partial charge is 0.507 e. The van der Waals surface area contributed by atoms with Crippen molar-refractivity contribution in [3.8, 4) is 5.75 Å². The number of phenolic OH excluding ortho intramolecular Hbond substituents is 1.